The molecule has 0 radical (unpaired) electrons. The molecule has 1 atom stereocenters. The summed E-state index contributed by atoms with van der Waals surface area (Å²) in [6.07, 6.45) is 1.07. The molecule has 8 heteroatoms. The predicted octanol–water partition coefficient (Wildman–Crippen LogP) is 3.54. The van der Waals surface area contributed by atoms with Gasteiger partial charge in [0.05, 0.1) is 17.0 Å². The Kier molecular flexibility index (Phi) is 5.26. The summed E-state index contributed by atoms with van der Waals surface area (Å²) in [4.78, 5) is 27.2. The molecule has 0 aromatic heterocycles. The van der Waals surface area contributed by atoms with Crippen LogP contribution in [0.25, 0.3) is 0 Å². The number of halogens is 1. The van der Waals surface area contributed by atoms with E-state index in [1.54, 1.807) is 13.8 Å². The van der Waals surface area contributed by atoms with Gasteiger partial charge in [-0.1, -0.05) is 6.07 Å². The highest BCUT2D eigenvalue weighted by Crippen LogP contribution is 2.40. The van der Waals surface area contributed by atoms with Gasteiger partial charge in [0.15, 0.2) is 0 Å². The van der Waals surface area contributed by atoms with Gasteiger partial charge in [0.1, 0.15) is 11.9 Å². The number of amides is 2. The van der Waals surface area contributed by atoms with Crippen LogP contribution in [-0.4, -0.2) is 36.6 Å². The summed E-state index contributed by atoms with van der Waals surface area (Å²) < 4.78 is 42.3. The second kappa shape index (κ2) is 7.53. The molecule has 0 N–H and O–H groups in total. The molecule has 6 nitrogen and oxygen atoms in total. The van der Waals surface area contributed by atoms with Gasteiger partial charge in [0.2, 0.25) is 15.9 Å². The van der Waals surface area contributed by atoms with Crippen molar-refractivity contribution in [2.75, 3.05) is 4.90 Å². The molecule has 0 bridgehead atoms. The molecule has 2 aromatic rings. The fourth-order valence-electron chi connectivity index (χ4n) is 4.30. The quantitative estimate of drug-likeness (QED) is 0.661. The van der Waals surface area contributed by atoms with Crippen molar-refractivity contribution >= 4 is 27.5 Å². The van der Waals surface area contributed by atoms with E-state index in [0.717, 1.165) is 16.0 Å². The normalized spacial score (nSPS) is 19.5. The van der Waals surface area contributed by atoms with Gasteiger partial charge < -0.3 is 0 Å². The molecule has 1 heterocycles. The van der Waals surface area contributed by atoms with E-state index in [1.165, 1.54) is 28.6 Å². The van der Waals surface area contributed by atoms with Gasteiger partial charge in [-0.2, -0.15) is 4.31 Å². The van der Waals surface area contributed by atoms with E-state index in [1.807, 2.05) is 19.9 Å². The number of sulfonamides is 1. The zero-order chi connectivity index (χ0) is 22.7. The van der Waals surface area contributed by atoms with Crippen LogP contribution in [-0.2, 0) is 19.6 Å². The number of nitrogens with zero attached hydrogens (tertiary/aromatic N) is 2. The van der Waals surface area contributed by atoms with Crippen molar-refractivity contribution in [3.05, 3.63) is 58.4 Å². The summed E-state index contributed by atoms with van der Waals surface area (Å²) in [7, 11) is -4.02. The molecule has 164 valence electrons. The van der Waals surface area contributed by atoms with Gasteiger partial charge in [-0.05, 0) is 87.1 Å². The van der Waals surface area contributed by atoms with Crippen LogP contribution in [0.4, 0.5) is 10.1 Å². The molecular formula is C23H25FN2O4S. The molecule has 1 unspecified atom stereocenters. The van der Waals surface area contributed by atoms with E-state index in [2.05, 4.69) is 0 Å². The number of hydrogen-bond acceptors (Lipinski definition) is 4. The standard InChI is InChI=1S/C23H25FN2O4S/c1-13-11-14(2)16(4)22(15(13)3)31(29,30)26(19-9-10-19)20-12-21(27)25(23(20)28)18-7-5-17(24)6-8-18/h5-8,11,19-20H,9-10,12H2,1-4H3. The first-order valence-corrected chi connectivity index (χ1v) is 11.7. The lowest BCUT2D eigenvalue weighted by molar-refractivity contribution is -0.122. The van der Waals surface area contributed by atoms with Crippen LogP contribution in [0.15, 0.2) is 35.2 Å². The number of imide groups is 1. The fourth-order valence-corrected chi connectivity index (χ4v) is 6.71. The Morgan fingerprint density at radius 2 is 1.52 bits per heavy atom. The van der Waals surface area contributed by atoms with Crippen molar-refractivity contribution in [2.45, 2.75) is 63.9 Å². The third-order valence-electron chi connectivity index (χ3n) is 6.25. The monoisotopic (exact) mass is 444 g/mol. The molecular weight excluding hydrogens is 419 g/mol. The van der Waals surface area contributed by atoms with E-state index in [9.17, 15) is 22.4 Å². The molecule has 1 aliphatic heterocycles. The van der Waals surface area contributed by atoms with Gasteiger partial charge in [0, 0.05) is 6.04 Å². The average Bonchev–Trinajstić information content (AvgIpc) is 3.47. The van der Waals surface area contributed by atoms with Crippen LogP contribution in [0, 0.1) is 33.5 Å². The Morgan fingerprint density at radius 3 is 2.03 bits per heavy atom. The number of benzene rings is 2. The van der Waals surface area contributed by atoms with Crippen LogP contribution in [0.1, 0.15) is 41.5 Å². The molecule has 2 aliphatic rings. The number of carbonyl (C=O) groups excluding carboxylic acids is 2. The second-order valence-electron chi connectivity index (χ2n) is 8.42. The molecule has 0 spiro atoms. The lowest BCUT2D eigenvalue weighted by atomic mass is 10.0. The lowest BCUT2D eigenvalue weighted by Crippen LogP contribution is -2.47. The maximum absolute atomic E-state index is 13.9. The van der Waals surface area contributed by atoms with Gasteiger partial charge >= 0.3 is 0 Å². The smallest absolute Gasteiger partial charge is 0.252 e. The third kappa shape index (κ3) is 3.57. The highest BCUT2D eigenvalue weighted by atomic mass is 32.2. The average molecular weight is 445 g/mol. The largest absolute Gasteiger partial charge is 0.274 e. The second-order valence-corrected chi connectivity index (χ2v) is 10.2. The Morgan fingerprint density at radius 1 is 0.968 bits per heavy atom. The van der Waals surface area contributed by atoms with Crippen molar-refractivity contribution < 1.29 is 22.4 Å². The van der Waals surface area contributed by atoms with E-state index in [-0.39, 0.29) is 23.0 Å². The van der Waals surface area contributed by atoms with Crippen LogP contribution < -0.4 is 4.90 Å². The third-order valence-corrected chi connectivity index (χ3v) is 8.49. The van der Waals surface area contributed by atoms with Crippen LogP contribution >= 0.6 is 0 Å². The van der Waals surface area contributed by atoms with Gasteiger partial charge in [-0.3, -0.25) is 9.59 Å². The van der Waals surface area contributed by atoms with Gasteiger partial charge in [0.25, 0.3) is 5.91 Å². The first-order valence-electron chi connectivity index (χ1n) is 10.3. The molecule has 1 aliphatic carbocycles. The van der Waals surface area contributed by atoms with Crippen LogP contribution in [0.3, 0.4) is 0 Å². The van der Waals surface area contributed by atoms with Crippen LogP contribution in [0.5, 0.6) is 0 Å². The molecule has 1 saturated heterocycles. The van der Waals surface area contributed by atoms with Crippen molar-refractivity contribution in [3.63, 3.8) is 0 Å². The minimum Gasteiger partial charge on any atom is -0.274 e. The van der Waals surface area contributed by atoms with Crippen molar-refractivity contribution in [1.29, 1.82) is 0 Å². The summed E-state index contributed by atoms with van der Waals surface area (Å²) in [5, 5.41) is 0. The molecule has 2 aromatic carbocycles. The maximum atomic E-state index is 13.9. The summed E-state index contributed by atoms with van der Waals surface area (Å²) >= 11 is 0. The molecule has 2 amide bonds. The Hall–Kier alpha value is -2.58. The number of hydrogen-bond donors (Lipinski definition) is 0. The van der Waals surface area contributed by atoms with Crippen molar-refractivity contribution in [2.24, 2.45) is 0 Å². The van der Waals surface area contributed by atoms with E-state index in [0.29, 0.717) is 24.0 Å². The topological polar surface area (TPSA) is 74.8 Å². The number of carbonyl (C=O) groups is 2. The number of aryl methyl sites for hydroxylation is 2. The van der Waals surface area contributed by atoms with E-state index < -0.39 is 33.7 Å². The fraction of sp³-hybridized carbons (Fsp3) is 0.391. The summed E-state index contributed by atoms with van der Waals surface area (Å²) in [6.45, 7) is 7.27. The minimum absolute atomic E-state index is 0.220. The van der Waals surface area contributed by atoms with E-state index in [4.69, 9.17) is 0 Å². The molecule has 1 saturated carbocycles. The van der Waals surface area contributed by atoms with Crippen molar-refractivity contribution in [1.82, 2.24) is 4.31 Å². The Bertz CT molecular complexity index is 1160. The highest BCUT2D eigenvalue weighted by molar-refractivity contribution is 7.89. The minimum atomic E-state index is -4.02. The number of anilines is 1. The molecule has 2 fully saturated rings. The van der Waals surface area contributed by atoms with Crippen LogP contribution in [0.2, 0.25) is 0 Å². The SMILES string of the molecule is Cc1cc(C)c(C)c(S(=O)(=O)N(C2CC2)C2CC(=O)N(c3ccc(F)cc3)C2=O)c1C. The first kappa shape index (κ1) is 21.6. The Balaban J connectivity index is 1.78. The number of rotatable bonds is 5. The van der Waals surface area contributed by atoms with Crippen molar-refractivity contribution in [3.8, 4) is 0 Å². The van der Waals surface area contributed by atoms with Gasteiger partial charge in [-0.25, -0.2) is 17.7 Å². The maximum Gasteiger partial charge on any atom is 0.252 e. The molecule has 31 heavy (non-hydrogen) atoms. The Labute approximate surface area is 181 Å². The summed E-state index contributed by atoms with van der Waals surface area (Å²) in [5.41, 5.74) is 3.27. The first-order chi connectivity index (χ1) is 14.5. The zero-order valence-corrected chi connectivity index (χ0v) is 18.8. The summed E-state index contributed by atoms with van der Waals surface area (Å²) in [6, 6.07) is 5.57. The van der Waals surface area contributed by atoms with E-state index >= 15 is 0 Å². The zero-order valence-electron chi connectivity index (χ0n) is 18.0. The molecule has 4 rings (SSSR count). The van der Waals surface area contributed by atoms with Gasteiger partial charge in [-0.15, -0.1) is 0 Å². The summed E-state index contributed by atoms with van der Waals surface area (Å²) in [5.74, 6) is -1.56. The highest BCUT2D eigenvalue weighted by Gasteiger charge is 2.52. The predicted molar refractivity (Wildman–Crippen MR) is 115 cm³/mol. The lowest BCUT2D eigenvalue weighted by Gasteiger charge is -2.29.